The third kappa shape index (κ3) is 6.06. The van der Waals surface area contributed by atoms with E-state index in [1.165, 1.54) is 0 Å². The van der Waals surface area contributed by atoms with Gasteiger partial charge in [0.25, 0.3) is 0 Å². The molecule has 0 heterocycles. The summed E-state index contributed by atoms with van der Waals surface area (Å²) in [6, 6.07) is 0. The number of nitrogens with one attached hydrogen (secondary N) is 1. The third-order valence-corrected chi connectivity index (χ3v) is 4.79. The lowest BCUT2D eigenvalue weighted by atomic mass is 10.4. The van der Waals surface area contributed by atoms with Crippen molar-refractivity contribution in [3.63, 3.8) is 0 Å². The van der Waals surface area contributed by atoms with Crippen LogP contribution in [0.4, 0.5) is 0 Å². The minimum absolute atomic E-state index is 0.184. The smallest absolute Gasteiger partial charge is 0.328 e. The Morgan fingerprint density at radius 3 is 2.20 bits per heavy atom. The second-order valence-electron chi connectivity index (χ2n) is 4.51. The Kier molecular flexibility index (Phi) is 5.28. The molecule has 2 N–H and O–H groups in total. The Balaban J connectivity index is 4.32. The fourth-order valence-corrected chi connectivity index (χ4v) is 3.10. The van der Waals surface area contributed by atoms with Gasteiger partial charge in [0.15, 0.2) is 0 Å². The third-order valence-electron chi connectivity index (χ3n) is 2.15. The van der Waals surface area contributed by atoms with Gasteiger partial charge in [0.2, 0.25) is 5.91 Å². The maximum atomic E-state index is 11.3. The molecule has 0 aliphatic carbocycles. The van der Waals surface area contributed by atoms with Crippen LogP contribution in [0.2, 0.25) is 19.6 Å². The van der Waals surface area contributed by atoms with E-state index in [0.29, 0.717) is 0 Å². The van der Waals surface area contributed by atoms with Crippen molar-refractivity contribution in [2.45, 2.75) is 38.7 Å². The summed E-state index contributed by atoms with van der Waals surface area (Å²) in [7, 11) is -1.42. The van der Waals surface area contributed by atoms with Crippen molar-refractivity contribution in [2.75, 3.05) is 0 Å². The highest BCUT2D eigenvalue weighted by Gasteiger charge is 2.25. The largest absolute Gasteiger partial charge is 0.478 e. The first-order valence-corrected chi connectivity index (χ1v) is 8.56. The fraction of sp³-hybridized carbons (Fsp3) is 0.600. The highest BCUT2D eigenvalue weighted by Crippen LogP contribution is 2.10. The molecule has 4 nitrogen and oxygen atoms in total. The molecule has 86 valence electrons. The summed E-state index contributed by atoms with van der Waals surface area (Å²) in [6.07, 6.45) is 2.79. The van der Waals surface area contributed by atoms with E-state index in [2.05, 4.69) is 25.0 Å². The van der Waals surface area contributed by atoms with Gasteiger partial charge in [-0.05, 0) is 6.42 Å². The molecule has 0 radical (unpaired) electrons. The predicted molar refractivity (Wildman–Crippen MR) is 62.3 cm³/mol. The lowest BCUT2D eigenvalue weighted by Gasteiger charge is -2.28. The van der Waals surface area contributed by atoms with Gasteiger partial charge in [-0.2, -0.15) is 0 Å². The van der Waals surface area contributed by atoms with Crippen LogP contribution in [0.1, 0.15) is 13.3 Å². The highest BCUT2D eigenvalue weighted by atomic mass is 28.3. The molecule has 0 aromatic carbocycles. The van der Waals surface area contributed by atoms with Crippen molar-refractivity contribution < 1.29 is 14.7 Å². The van der Waals surface area contributed by atoms with Crippen molar-refractivity contribution >= 4 is 20.0 Å². The predicted octanol–water partition coefficient (Wildman–Crippen LogP) is 1.40. The molecule has 0 rings (SSSR count). The topological polar surface area (TPSA) is 66.4 Å². The highest BCUT2D eigenvalue weighted by molar-refractivity contribution is 6.77. The van der Waals surface area contributed by atoms with Crippen molar-refractivity contribution in [3.05, 3.63) is 12.2 Å². The monoisotopic (exact) mass is 229 g/mol. The lowest BCUT2D eigenvalue weighted by Crippen LogP contribution is -2.50. The van der Waals surface area contributed by atoms with Gasteiger partial charge in [0.1, 0.15) is 0 Å². The van der Waals surface area contributed by atoms with Gasteiger partial charge in [-0.1, -0.05) is 26.6 Å². The van der Waals surface area contributed by atoms with Gasteiger partial charge in [0.05, 0.1) is 8.07 Å². The van der Waals surface area contributed by atoms with Crippen molar-refractivity contribution in [2.24, 2.45) is 0 Å². The second kappa shape index (κ2) is 5.70. The standard InChI is InChI=1S/C10H19NO3Si/c1-5-9(15(2,3)4)11-8(12)6-7-10(13)14/h6-7,9H,5H2,1-4H3,(H,11,12)(H,13,14)/b7-6-. The van der Waals surface area contributed by atoms with Gasteiger partial charge in [0, 0.05) is 17.8 Å². The molecule has 5 heteroatoms. The molecule has 0 saturated heterocycles. The van der Waals surface area contributed by atoms with Crippen molar-refractivity contribution in [3.8, 4) is 0 Å². The van der Waals surface area contributed by atoms with Crippen LogP contribution in [-0.4, -0.2) is 30.7 Å². The molecule has 0 aliphatic rings. The van der Waals surface area contributed by atoms with Crippen LogP contribution in [0.15, 0.2) is 12.2 Å². The molecule has 0 spiro atoms. The van der Waals surface area contributed by atoms with Gasteiger partial charge in [-0.25, -0.2) is 4.79 Å². The quantitative estimate of drug-likeness (QED) is 0.553. The molecule has 0 aromatic heterocycles. The van der Waals surface area contributed by atoms with E-state index in [0.717, 1.165) is 18.6 Å². The van der Waals surface area contributed by atoms with E-state index in [-0.39, 0.29) is 11.6 Å². The number of carbonyl (C=O) groups excluding carboxylic acids is 1. The van der Waals surface area contributed by atoms with E-state index in [9.17, 15) is 9.59 Å². The molecule has 0 aliphatic heterocycles. The summed E-state index contributed by atoms with van der Waals surface area (Å²) in [5, 5.41) is 11.2. The van der Waals surface area contributed by atoms with Crippen LogP contribution < -0.4 is 5.32 Å². The zero-order chi connectivity index (χ0) is 12.1. The lowest BCUT2D eigenvalue weighted by molar-refractivity contribution is -0.131. The zero-order valence-corrected chi connectivity index (χ0v) is 10.7. The first kappa shape index (κ1) is 13.9. The SMILES string of the molecule is CCC(NC(=O)/C=C\C(=O)O)[Si](C)(C)C. The summed E-state index contributed by atoms with van der Waals surface area (Å²) < 4.78 is 0. The Morgan fingerprint density at radius 1 is 1.33 bits per heavy atom. The van der Waals surface area contributed by atoms with Gasteiger partial charge in [-0.15, -0.1) is 0 Å². The summed E-state index contributed by atoms with van der Waals surface area (Å²) in [6.45, 7) is 8.52. The molecule has 0 aromatic rings. The van der Waals surface area contributed by atoms with Crippen molar-refractivity contribution in [1.82, 2.24) is 5.32 Å². The van der Waals surface area contributed by atoms with Gasteiger partial charge >= 0.3 is 5.97 Å². The minimum Gasteiger partial charge on any atom is -0.478 e. The van der Waals surface area contributed by atoms with Crippen LogP contribution in [-0.2, 0) is 9.59 Å². The molecule has 0 saturated carbocycles. The van der Waals surface area contributed by atoms with E-state index in [1.807, 2.05) is 6.92 Å². The number of hydrogen-bond acceptors (Lipinski definition) is 2. The maximum Gasteiger partial charge on any atom is 0.328 e. The Labute approximate surface area is 91.4 Å². The molecule has 1 unspecified atom stereocenters. The number of carboxylic acids is 1. The average Bonchev–Trinajstić information content (AvgIpc) is 2.08. The molecule has 0 fully saturated rings. The van der Waals surface area contributed by atoms with Crippen LogP contribution in [0, 0.1) is 0 Å². The summed E-state index contributed by atoms with van der Waals surface area (Å²) in [5.74, 6) is -1.43. The van der Waals surface area contributed by atoms with E-state index >= 15 is 0 Å². The fourth-order valence-electron chi connectivity index (χ4n) is 1.30. The Hall–Kier alpha value is -1.10. The normalized spacial score (nSPS) is 13.9. The van der Waals surface area contributed by atoms with Gasteiger partial charge in [-0.3, -0.25) is 4.79 Å². The number of carboxylic acid groups (broad SMARTS) is 1. The minimum atomic E-state index is -1.42. The summed E-state index contributed by atoms with van der Waals surface area (Å²) in [5.41, 5.74) is 0.184. The average molecular weight is 229 g/mol. The number of hydrogen-bond donors (Lipinski definition) is 2. The van der Waals surface area contributed by atoms with E-state index in [4.69, 9.17) is 5.11 Å². The zero-order valence-electron chi connectivity index (χ0n) is 9.70. The second-order valence-corrected chi connectivity index (χ2v) is 9.94. The number of rotatable bonds is 5. The van der Waals surface area contributed by atoms with Gasteiger partial charge < -0.3 is 10.4 Å². The number of aliphatic carboxylic acids is 1. The summed E-state index contributed by atoms with van der Waals surface area (Å²) >= 11 is 0. The van der Waals surface area contributed by atoms with Crippen LogP contribution >= 0.6 is 0 Å². The first-order valence-electron chi connectivity index (χ1n) is 4.99. The number of amides is 1. The molecule has 15 heavy (non-hydrogen) atoms. The van der Waals surface area contributed by atoms with Crippen LogP contribution in [0.3, 0.4) is 0 Å². The van der Waals surface area contributed by atoms with E-state index in [1.54, 1.807) is 0 Å². The molecule has 1 amide bonds. The summed E-state index contributed by atoms with van der Waals surface area (Å²) in [4.78, 5) is 21.5. The molecular weight excluding hydrogens is 210 g/mol. The molecular formula is C10H19NO3Si. The van der Waals surface area contributed by atoms with Crippen LogP contribution in [0.5, 0.6) is 0 Å². The molecule has 1 atom stereocenters. The van der Waals surface area contributed by atoms with E-state index < -0.39 is 14.0 Å². The Bertz CT molecular complexity index is 268. The van der Waals surface area contributed by atoms with Crippen molar-refractivity contribution in [1.29, 1.82) is 0 Å². The Morgan fingerprint density at radius 2 is 1.87 bits per heavy atom. The first-order chi connectivity index (χ1) is 6.77. The van der Waals surface area contributed by atoms with Crippen LogP contribution in [0.25, 0.3) is 0 Å². The molecule has 0 bridgehead atoms. The maximum absolute atomic E-state index is 11.3. The number of carbonyl (C=O) groups is 2.